The van der Waals surface area contributed by atoms with Gasteiger partial charge in [-0.2, -0.15) is 0 Å². The molecule has 3 aromatic rings. The molecule has 1 saturated heterocycles. The number of carbonyl (C=O) groups excluding carboxylic acids is 1. The number of benzene rings is 2. The summed E-state index contributed by atoms with van der Waals surface area (Å²) in [4.78, 5) is 19.3. The molecule has 0 radical (unpaired) electrons. The molecule has 1 fully saturated rings. The molecule has 2 heterocycles. The highest BCUT2D eigenvalue weighted by Crippen LogP contribution is 2.27. The van der Waals surface area contributed by atoms with Crippen LogP contribution in [0.15, 0.2) is 52.1 Å². The van der Waals surface area contributed by atoms with Crippen molar-refractivity contribution in [1.82, 2.24) is 15.2 Å². The standard InChI is InChI=1S/C22H25N3O3S/c1-16-5-6-20-19(13-16)24-22(28-20)29-15-17-3-2-4-18(14-17)21(26)23-7-8-25-9-11-27-12-10-25/h2-6,13-14H,7-12,15H2,1H3,(H,23,26). The summed E-state index contributed by atoms with van der Waals surface area (Å²) in [6, 6.07) is 13.7. The lowest BCUT2D eigenvalue weighted by atomic mass is 10.1. The lowest BCUT2D eigenvalue weighted by Gasteiger charge is -2.26. The van der Waals surface area contributed by atoms with Gasteiger partial charge in [-0.3, -0.25) is 9.69 Å². The van der Waals surface area contributed by atoms with Crippen LogP contribution in [0.4, 0.5) is 0 Å². The number of thioether (sulfide) groups is 1. The zero-order valence-electron chi connectivity index (χ0n) is 16.5. The van der Waals surface area contributed by atoms with Crippen molar-refractivity contribution in [3.05, 3.63) is 59.2 Å². The summed E-state index contributed by atoms with van der Waals surface area (Å²) in [5, 5.41) is 3.66. The van der Waals surface area contributed by atoms with Crippen LogP contribution in [0.3, 0.4) is 0 Å². The van der Waals surface area contributed by atoms with Crippen LogP contribution in [0, 0.1) is 6.92 Å². The van der Waals surface area contributed by atoms with Gasteiger partial charge in [0.25, 0.3) is 11.1 Å². The van der Waals surface area contributed by atoms with Gasteiger partial charge in [-0.25, -0.2) is 4.98 Å². The maximum atomic E-state index is 12.5. The number of aromatic nitrogens is 1. The van der Waals surface area contributed by atoms with Crippen molar-refractivity contribution in [1.29, 1.82) is 0 Å². The normalized spacial score (nSPS) is 14.9. The lowest BCUT2D eigenvalue weighted by molar-refractivity contribution is 0.0383. The fourth-order valence-corrected chi connectivity index (χ4v) is 4.06. The second-order valence-corrected chi connectivity index (χ2v) is 8.08. The summed E-state index contributed by atoms with van der Waals surface area (Å²) in [6.45, 7) is 6.93. The molecule has 1 N–H and O–H groups in total. The van der Waals surface area contributed by atoms with Gasteiger partial charge in [-0.15, -0.1) is 0 Å². The van der Waals surface area contributed by atoms with E-state index >= 15 is 0 Å². The summed E-state index contributed by atoms with van der Waals surface area (Å²) in [5.74, 6) is 0.656. The van der Waals surface area contributed by atoms with E-state index in [4.69, 9.17) is 9.15 Å². The van der Waals surface area contributed by atoms with Crippen LogP contribution in [0.2, 0.25) is 0 Å². The Hall–Kier alpha value is -2.35. The molecule has 0 saturated carbocycles. The van der Waals surface area contributed by atoms with Crippen LogP contribution >= 0.6 is 11.8 Å². The van der Waals surface area contributed by atoms with Gasteiger partial charge in [-0.1, -0.05) is 30.0 Å². The fourth-order valence-electron chi connectivity index (χ4n) is 3.28. The third kappa shape index (κ3) is 5.38. The Morgan fingerprint density at radius 2 is 2.07 bits per heavy atom. The highest BCUT2D eigenvalue weighted by Gasteiger charge is 2.12. The average Bonchev–Trinajstić information content (AvgIpc) is 3.15. The predicted octanol–water partition coefficient (Wildman–Crippen LogP) is 3.49. The van der Waals surface area contributed by atoms with E-state index in [1.807, 2.05) is 49.4 Å². The number of fused-ring (bicyclic) bond motifs is 1. The minimum atomic E-state index is -0.0394. The Balaban J connectivity index is 1.30. The number of hydrogen-bond donors (Lipinski definition) is 1. The van der Waals surface area contributed by atoms with Gasteiger partial charge in [-0.05, 0) is 42.3 Å². The topological polar surface area (TPSA) is 67.6 Å². The quantitative estimate of drug-likeness (QED) is 0.601. The highest BCUT2D eigenvalue weighted by molar-refractivity contribution is 7.98. The molecule has 0 unspecified atom stereocenters. The Morgan fingerprint density at radius 1 is 1.21 bits per heavy atom. The summed E-state index contributed by atoms with van der Waals surface area (Å²) in [6.07, 6.45) is 0. The van der Waals surface area contributed by atoms with E-state index in [2.05, 4.69) is 15.2 Å². The Bertz CT molecular complexity index is 982. The predicted molar refractivity (Wildman–Crippen MR) is 114 cm³/mol. The first-order chi connectivity index (χ1) is 14.2. The summed E-state index contributed by atoms with van der Waals surface area (Å²) >= 11 is 1.53. The summed E-state index contributed by atoms with van der Waals surface area (Å²) < 4.78 is 11.1. The maximum absolute atomic E-state index is 12.5. The number of morpholine rings is 1. The van der Waals surface area contributed by atoms with E-state index < -0.39 is 0 Å². The molecule has 1 amide bonds. The molecule has 152 valence electrons. The number of rotatable bonds is 7. The highest BCUT2D eigenvalue weighted by atomic mass is 32.2. The van der Waals surface area contributed by atoms with E-state index in [1.54, 1.807) is 0 Å². The van der Waals surface area contributed by atoms with E-state index in [-0.39, 0.29) is 5.91 Å². The van der Waals surface area contributed by atoms with E-state index in [0.717, 1.165) is 55.1 Å². The first-order valence-electron chi connectivity index (χ1n) is 9.84. The molecule has 29 heavy (non-hydrogen) atoms. The second kappa shape index (κ2) is 9.43. The Labute approximate surface area is 174 Å². The Kier molecular flexibility index (Phi) is 6.49. The van der Waals surface area contributed by atoms with Gasteiger partial charge >= 0.3 is 0 Å². The van der Waals surface area contributed by atoms with Gasteiger partial charge in [0.2, 0.25) is 0 Å². The van der Waals surface area contributed by atoms with Crippen LogP contribution < -0.4 is 5.32 Å². The molecule has 0 aliphatic carbocycles. The maximum Gasteiger partial charge on any atom is 0.257 e. The van der Waals surface area contributed by atoms with E-state index in [1.165, 1.54) is 11.8 Å². The monoisotopic (exact) mass is 411 g/mol. The molecule has 0 bridgehead atoms. The van der Waals surface area contributed by atoms with Crippen molar-refractivity contribution in [2.45, 2.75) is 17.9 Å². The van der Waals surface area contributed by atoms with Crippen LogP contribution in [-0.4, -0.2) is 55.2 Å². The SMILES string of the molecule is Cc1ccc2oc(SCc3cccc(C(=O)NCCN4CCOCC4)c3)nc2c1. The zero-order chi connectivity index (χ0) is 20.1. The number of aryl methyl sites for hydroxylation is 1. The van der Waals surface area contributed by atoms with Gasteiger partial charge in [0.15, 0.2) is 5.58 Å². The molecule has 0 spiro atoms. The molecular formula is C22H25N3O3S. The number of nitrogens with one attached hydrogen (secondary N) is 1. The smallest absolute Gasteiger partial charge is 0.257 e. The van der Waals surface area contributed by atoms with Crippen molar-refractivity contribution >= 4 is 28.8 Å². The zero-order valence-corrected chi connectivity index (χ0v) is 17.3. The van der Waals surface area contributed by atoms with Crippen molar-refractivity contribution in [3.8, 4) is 0 Å². The summed E-state index contributed by atoms with van der Waals surface area (Å²) in [5.41, 5.74) is 4.58. The van der Waals surface area contributed by atoms with Crippen molar-refractivity contribution in [3.63, 3.8) is 0 Å². The number of oxazole rings is 1. The van der Waals surface area contributed by atoms with Crippen LogP contribution in [0.1, 0.15) is 21.5 Å². The molecular weight excluding hydrogens is 386 g/mol. The third-order valence-corrected chi connectivity index (χ3v) is 5.79. The van der Waals surface area contributed by atoms with Crippen LogP contribution in [0.25, 0.3) is 11.1 Å². The number of ether oxygens (including phenoxy) is 1. The molecule has 4 rings (SSSR count). The van der Waals surface area contributed by atoms with E-state index in [0.29, 0.717) is 23.1 Å². The van der Waals surface area contributed by atoms with Crippen LogP contribution in [0.5, 0.6) is 0 Å². The third-order valence-electron chi connectivity index (χ3n) is 4.89. The van der Waals surface area contributed by atoms with Crippen molar-refractivity contribution in [2.24, 2.45) is 0 Å². The lowest BCUT2D eigenvalue weighted by Crippen LogP contribution is -2.41. The van der Waals surface area contributed by atoms with Gasteiger partial charge in [0.05, 0.1) is 13.2 Å². The van der Waals surface area contributed by atoms with Gasteiger partial charge in [0.1, 0.15) is 5.52 Å². The van der Waals surface area contributed by atoms with Crippen LogP contribution in [-0.2, 0) is 10.5 Å². The average molecular weight is 412 g/mol. The molecule has 1 aromatic heterocycles. The number of nitrogens with zero attached hydrogens (tertiary/aromatic N) is 2. The molecule has 0 atom stereocenters. The molecule has 6 nitrogen and oxygen atoms in total. The molecule has 1 aliphatic heterocycles. The molecule has 7 heteroatoms. The molecule has 1 aliphatic rings. The minimum Gasteiger partial charge on any atom is -0.431 e. The minimum absolute atomic E-state index is 0.0394. The fraction of sp³-hybridized carbons (Fsp3) is 0.364. The first kappa shape index (κ1) is 19.9. The largest absolute Gasteiger partial charge is 0.431 e. The number of amides is 1. The van der Waals surface area contributed by atoms with Crippen molar-refractivity contribution < 1.29 is 13.9 Å². The number of hydrogen-bond acceptors (Lipinski definition) is 6. The number of carbonyl (C=O) groups is 1. The van der Waals surface area contributed by atoms with E-state index in [9.17, 15) is 4.79 Å². The first-order valence-corrected chi connectivity index (χ1v) is 10.8. The second-order valence-electron chi connectivity index (χ2n) is 7.15. The summed E-state index contributed by atoms with van der Waals surface area (Å²) in [7, 11) is 0. The van der Waals surface area contributed by atoms with Gasteiger partial charge < -0.3 is 14.5 Å². The van der Waals surface area contributed by atoms with Gasteiger partial charge in [0, 0.05) is 37.5 Å². The molecule has 2 aromatic carbocycles. The Morgan fingerprint density at radius 3 is 2.93 bits per heavy atom. The van der Waals surface area contributed by atoms with Crippen molar-refractivity contribution in [2.75, 3.05) is 39.4 Å².